The fourth-order valence-electron chi connectivity index (χ4n) is 2.75. The molecule has 0 spiro atoms. The van der Waals surface area contributed by atoms with Crippen LogP contribution in [0.1, 0.15) is 12.8 Å². The van der Waals surface area contributed by atoms with Crippen LogP contribution in [-0.4, -0.2) is 30.3 Å². The minimum atomic E-state index is -4.72. The first-order valence-electron chi connectivity index (χ1n) is 7.68. The van der Waals surface area contributed by atoms with Gasteiger partial charge in [0.1, 0.15) is 5.75 Å². The van der Waals surface area contributed by atoms with Crippen molar-refractivity contribution >= 4 is 22.4 Å². The minimum absolute atomic E-state index is 0.105. The first kappa shape index (κ1) is 17.5. The molecule has 0 aliphatic carbocycles. The molecule has 3 rings (SSSR count). The Hall–Kier alpha value is -2.29. The fourth-order valence-corrected chi connectivity index (χ4v) is 3.71. The second-order valence-corrected chi connectivity index (χ2v) is 6.76. The molecule has 0 radical (unpaired) electrons. The van der Waals surface area contributed by atoms with Gasteiger partial charge in [-0.05, 0) is 30.5 Å². The Morgan fingerprint density at radius 1 is 1.32 bits per heavy atom. The molecule has 1 aliphatic rings. The van der Waals surface area contributed by atoms with E-state index in [9.17, 15) is 18.0 Å². The van der Waals surface area contributed by atoms with Crippen molar-refractivity contribution in [1.29, 1.82) is 0 Å². The number of carbonyl (C=O) groups is 1. The second kappa shape index (κ2) is 6.91. The standard InChI is InChI=1S/C16H16F3N3O2S/c17-16(18,19)24-12-3-1-2-11(8-12)13-9-21-15(25-13)22-6-4-10(5-7-22)14(20)23/h1-3,8-10H,4-7H2,(H2,20,23). The van der Waals surface area contributed by atoms with Gasteiger partial charge in [-0.25, -0.2) is 4.98 Å². The van der Waals surface area contributed by atoms with E-state index in [4.69, 9.17) is 5.73 Å². The Balaban J connectivity index is 1.72. The van der Waals surface area contributed by atoms with E-state index in [0.29, 0.717) is 31.5 Å². The predicted molar refractivity (Wildman–Crippen MR) is 88.4 cm³/mol. The van der Waals surface area contributed by atoms with Gasteiger partial charge in [0.05, 0.1) is 4.88 Å². The van der Waals surface area contributed by atoms with Crippen LogP contribution in [0.5, 0.6) is 5.75 Å². The van der Waals surface area contributed by atoms with Gasteiger partial charge in [-0.3, -0.25) is 4.79 Å². The summed E-state index contributed by atoms with van der Waals surface area (Å²) in [6.45, 7) is 1.36. The number of piperidine rings is 1. The summed E-state index contributed by atoms with van der Waals surface area (Å²) >= 11 is 1.39. The van der Waals surface area contributed by atoms with E-state index in [1.807, 2.05) is 0 Å². The van der Waals surface area contributed by atoms with Crippen LogP contribution in [0.4, 0.5) is 18.3 Å². The third-order valence-corrected chi connectivity index (χ3v) is 5.12. The molecule has 9 heteroatoms. The predicted octanol–water partition coefficient (Wildman–Crippen LogP) is 3.41. The summed E-state index contributed by atoms with van der Waals surface area (Å²) in [5.41, 5.74) is 5.94. The van der Waals surface area contributed by atoms with Crippen molar-refractivity contribution in [3.63, 3.8) is 0 Å². The number of halogens is 3. The summed E-state index contributed by atoms with van der Waals surface area (Å²) in [5, 5.41) is 0.778. The number of rotatable bonds is 4. The molecule has 2 aromatic rings. The molecule has 2 heterocycles. The molecule has 25 heavy (non-hydrogen) atoms. The summed E-state index contributed by atoms with van der Waals surface area (Å²) < 4.78 is 41.0. The molecule has 1 aromatic heterocycles. The molecular formula is C16H16F3N3O2S. The minimum Gasteiger partial charge on any atom is -0.406 e. The summed E-state index contributed by atoms with van der Waals surface area (Å²) in [7, 11) is 0. The van der Waals surface area contributed by atoms with Gasteiger partial charge >= 0.3 is 6.36 Å². The van der Waals surface area contributed by atoms with E-state index < -0.39 is 6.36 Å². The lowest BCUT2D eigenvalue weighted by Crippen LogP contribution is -2.38. The third-order valence-electron chi connectivity index (χ3n) is 4.01. The summed E-state index contributed by atoms with van der Waals surface area (Å²) in [6, 6.07) is 5.81. The number of thiazole rings is 1. The monoisotopic (exact) mass is 371 g/mol. The highest BCUT2D eigenvalue weighted by atomic mass is 32.1. The molecule has 1 fully saturated rings. The Bertz CT molecular complexity index is 755. The quantitative estimate of drug-likeness (QED) is 0.894. The average Bonchev–Trinajstić information content (AvgIpc) is 3.03. The molecule has 1 amide bonds. The average molecular weight is 371 g/mol. The van der Waals surface area contributed by atoms with E-state index in [1.54, 1.807) is 12.3 Å². The van der Waals surface area contributed by atoms with Crippen LogP contribution in [-0.2, 0) is 4.79 Å². The number of nitrogens with zero attached hydrogens (tertiary/aromatic N) is 2. The number of hydrogen-bond acceptors (Lipinski definition) is 5. The maximum absolute atomic E-state index is 12.3. The van der Waals surface area contributed by atoms with Crippen LogP contribution in [0.2, 0.25) is 0 Å². The summed E-state index contributed by atoms with van der Waals surface area (Å²) in [5.74, 6) is -0.643. The van der Waals surface area contributed by atoms with Crippen molar-refractivity contribution in [2.75, 3.05) is 18.0 Å². The van der Waals surface area contributed by atoms with Crippen LogP contribution in [0.3, 0.4) is 0 Å². The number of nitrogens with two attached hydrogens (primary N) is 1. The zero-order chi connectivity index (χ0) is 18.0. The lowest BCUT2D eigenvalue weighted by Gasteiger charge is -2.30. The number of ether oxygens (including phenoxy) is 1. The van der Waals surface area contributed by atoms with E-state index in [1.165, 1.54) is 29.5 Å². The fraction of sp³-hybridized carbons (Fsp3) is 0.375. The molecular weight excluding hydrogens is 355 g/mol. The number of hydrogen-bond donors (Lipinski definition) is 1. The van der Waals surface area contributed by atoms with Gasteiger partial charge in [0.2, 0.25) is 5.91 Å². The number of primary amides is 1. The third kappa shape index (κ3) is 4.41. The topological polar surface area (TPSA) is 68.5 Å². The number of aromatic nitrogens is 1. The van der Waals surface area contributed by atoms with E-state index in [0.717, 1.165) is 10.0 Å². The normalized spacial score (nSPS) is 16.0. The van der Waals surface area contributed by atoms with E-state index >= 15 is 0 Å². The molecule has 2 N–H and O–H groups in total. The van der Waals surface area contributed by atoms with E-state index in [-0.39, 0.29) is 17.6 Å². The molecule has 0 unspecified atom stereocenters. The van der Waals surface area contributed by atoms with Gasteiger partial charge in [0, 0.05) is 25.2 Å². The Morgan fingerprint density at radius 2 is 2.04 bits per heavy atom. The SMILES string of the molecule is NC(=O)C1CCN(c2ncc(-c3cccc(OC(F)(F)F)c3)s2)CC1. The van der Waals surface area contributed by atoms with Gasteiger partial charge in [-0.2, -0.15) is 0 Å². The van der Waals surface area contributed by atoms with Crippen LogP contribution < -0.4 is 15.4 Å². The van der Waals surface area contributed by atoms with E-state index in [2.05, 4.69) is 14.6 Å². The summed E-state index contributed by atoms with van der Waals surface area (Å²) in [6.07, 6.45) is -1.73. The Labute approximate surface area is 146 Å². The molecule has 1 saturated heterocycles. The molecule has 5 nitrogen and oxygen atoms in total. The first-order chi connectivity index (χ1) is 11.8. The highest BCUT2D eigenvalue weighted by Crippen LogP contribution is 2.35. The number of amides is 1. The van der Waals surface area contributed by atoms with Crippen molar-refractivity contribution in [3.05, 3.63) is 30.5 Å². The van der Waals surface area contributed by atoms with Gasteiger partial charge in [-0.1, -0.05) is 23.5 Å². The van der Waals surface area contributed by atoms with Crippen molar-refractivity contribution < 1.29 is 22.7 Å². The summed E-state index contributed by atoms with van der Waals surface area (Å²) in [4.78, 5) is 18.4. The molecule has 1 aliphatic heterocycles. The Morgan fingerprint density at radius 3 is 2.68 bits per heavy atom. The van der Waals surface area contributed by atoms with Crippen LogP contribution in [0.15, 0.2) is 30.5 Å². The molecule has 0 saturated carbocycles. The van der Waals surface area contributed by atoms with Crippen LogP contribution in [0, 0.1) is 5.92 Å². The van der Waals surface area contributed by atoms with Crippen molar-refractivity contribution in [3.8, 4) is 16.2 Å². The number of benzene rings is 1. The van der Waals surface area contributed by atoms with Crippen LogP contribution >= 0.6 is 11.3 Å². The maximum Gasteiger partial charge on any atom is 0.573 e. The number of carbonyl (C=O) groups excluding carboxylic acids is 1. The number of alkyl halides is 3. The zero-order valence-electron chi connectivity index (χ0n) is 13.1. The molecule has 134 valence electrons. The van der Waals surface area contributed by atoms with Crippen molar-refractivity contribution in [2.24, 2.45) is 11.7 Å². The highest BCUT2D eigenvalue weighted by Gasteiger charge is 2.31. The van der Waals surface area contributed by atoms with Gasteiger partial charge in [0.15, 0.2) is 5.13 Å². The van der Waals surface area contributed by atoms with Gasteiger partial charge in [0.25, 0.3) is 0 Å². The Kier molecular flexibility index (Phi) is 4.85. The van der Waals surface area contributed by atoms with Gasteiger partial charge in [-0.15, -0.1) is 13.2 Å². The number of anilines is 1. The van der Waals surface area contributed by atoms with Crippen molar-refractivity contribution in [2.45, 2.75) is 19.2 Å². The second-order valence-electron chi connectivity index (χ2n) is 5.75. The van der Waals surface area contributed by atoms with Crippen LogP contribution in [0.25, 0.3) is 10.4 Å². The highest BCUT2D eigenvalue weighted by molar-refractivity contribution is 7.18. The van der Waals surface area contributed by atoms with Gasteiger partial charge < -0.3 is 15.4 Å². The lowest BCUT2D eigenvalue weighted by atomic mass is 9.97. The first-order valence-corrected chi connectivity index (χ1v) is 8.50. The van der Waals surface area contributed by atoms with Crippen molar-refractivity contribution in [1.82, 2.24) is 4.98 Å². The molecule has 0 atom stereocenters. The molecule has 0 bridgehead atoms. The lowest BCUT2D eigenvalue weighted by molar-refractivity contribution is -0.274. The zero-order valence-corrected chi connectivity index (χ0v) is 13.9. The largest absolute Gasteiger partial charge is 0.573 e. The smallest absolute Gasteiger partial charge is 0.406 e. The maximum atomic E-state index is 12.3. The molecule has 1 aromatic carbocycles.